The van der Waals surface area contributed by atoms with Gasteiger partial charge in [-0.3, -0.25) is 14.2 Å². The van der Waals surface area contributed by atoms with Crippen molar-refractivity contribution in [1.82, 2.24) is 24.8 Å². The molecule has 2 heterocycles. The lowest BCUT2D eigenvalue weighted by molar-refractivity contribution is 0.0944. The Morgan fingerprint density at radius 1 is 1.11 bits per heavy atom. The fraction of sp³-hybridized carbons (Fsp3) is 0.316. The molecule has 2 N–H and O–H groups in total. The van der Waals surface area contributed by atoms with Gasteiger partial charge in [-0.25, -0.2) is 9.97 Å². The molecule has 8 nitrogen and oxygen atoms in total. The van der Waals surface area contributed by atoms with Crippen LogP contribution in [0.1, 0.15) is 35.6 Å². The first-order chi connectivity index (χ1) is 13.0. The van der Waals surface area contributed by atoms with Gasteiger partial charge >= 0.3 is 0 Å². The van der Waals surface area contributed by atoms with E-state index in [4.69, 9.17) is 0 Å². The molecule has 3 rings (SSSR count). The fourth-order valence-electron chi connectivity index (χ4n) is 2.79. The van der Waals surface area contributed by atoms with Crippen LogP contribution in [0.3, 0.4) is 0 Å². The van der Waals surface area contributed by atoms with E-state index in [1.807, 2.05) is 44.2 Å². The van der Waals surface area contributed by atoms with Crippen LogP contribution >= 0.6 is 0 Å². The maximum atomic E-state index is 12.8. The third-order valence-corrected chi connectivity index (χ3v) is 4.13. The maximum Gasteiger partial charge on any atom is 0.283 e. The molecule has 0 bridgehead atoms. The summed E-state index contributed by atoms with van der Waals surface area (Å²) < 4.78 is 1.45. The van der Waals surface area contributed by atoms with Gasteiger partial charge in [-0.15, -0.1) is 0 Å². The van der Waals surface area contributed by atoms with Gasteiger partial charge in [0.25, 0.3) is 11.5 Å². The van der Waals surface area contributed by atoms with Crippen molar-refractivity contribution in [3.63, 3.8) is 0 Å². The molecular formula is C19H22N6O2. The number of nitrogens with one attached hydrogen (secondary N) is 2. The molecule has 0 unspecified atom stereocenters. The lowest BCUT2D eigenvalue weighted by Gasteiger charge is -2.12. The second-order valence-corrected chi connectivity index (χ2v) is 6.01. The summed E-state index contributed by atoms with van der Waals surface area (Å²) in [7, 11) is 0. The molecule has 3 aromatic rings. The number of carbonyl (C=O) groups excluding carboxylic acids is 1. The maximum absolute atomic E-state index is 12.8. The molecule has 27 heavy (non-hydrogen) atoms. The van der Waals surface area contributed by atoms with Crippen LogP contribution in [-0.2, 0) is 13.1 Å². The van der Waals surface area contributed by atoms with E-state index in [2.05, 4.69) is 25.6 Å². The summed E-state index contributed by atoms with van der Waals surface area (Å²) in [5.74, 6) is -0.0738. The lowest BCUT2D eigenvalue weighted by Crippen LogP contribution is -2.35. The third-order valence-electron chi connectivity index (χ3n) is 4.13. The summed E-state index contributed by atoms with van der Waals surface area (Å²) in [5, 5.41) is 5.80. The molecule has 1 amide bonds. The number of anilines is 1. The predicted octanol–water partition coefficient (Wildman–Crippen LogP) is 1.88. The van der Waals surface area contributed by atoms with E-state index < -0.39 is 11.5 Å². The molecule has 0 aliphatic heterocycles. The second-order valence-electron chi connectivity index (χ2n) is 6.01. The van der Waals surface area contributed by atoms with Crippen LogP contribution in [0.2, 0.25) is 0 Å². The van der Waals surface area contributed by atoms with E-state index in [1.54, 1.807) is 6.92 Å². The zero-order valence-electron chi connectivity index (χ0n) is 15.6. The van der Waals surface area contributed by atoms with Crippen molar-refractivity contribution in [2.45, 2.75) is 33.9 Å². The van der Waals surface area contributed by atoms with Crippen molar-refractivity contribution < 1.29 is 4.79 Å². The Bertz CT molecular complexity index is 1030. The molecule has 0 spiro atoms. The molecule has 1 aromatic carbocycles. The van der Waals surface area contributed by atoms with Gasteiger partial charge in [-0.1, -0.05) is 30.3 Å². The standard InChI is InChI=1S/C19H22N6O2/c1-4-20-19-22-12(3)14-16(24-19)25(5-2)18(27)15(23-14)17(26)21-11-13-9-7-6-8-10-13/h6-10H,4-5,11H2,1-3H3,(H,21,26)(H,20,22,24). The highest BCUT2D eigenvalue weighted by Gasteiger charge is 2.19. The first-order valence-corrected chi connectivity index (χ1v) is 8.90. The second kappa shape index (κ2) is 7.94. The van der Waals surface area contributed by atoms with Gasteiger partial charge < -0.3 is 10.6 Å². The largest absolute Gasteiger partial charge is 0.354 e. The Balaban J connectivity index is 2.02. The number of aromatic nitrogens is 4. The Kier molecular flexibility index (Phi) is 5.44. The number of benzene rings is 1. The average molecular weight is 366 g/mol. The van der Waals surface area contributed by atoms with Crippen molar-refractivity contribution in [1.29, 1.82) is 0 Å². The van der Waals surface area contributed by atoms with Gasteiger partial charge in [0.15, 0.2) is 11.3 Å². The van der Waals surface area contributed by atoms with Gasteiger partial charge in [0.2, 0.25) is 5.95 Å². The van der Waals surface area contributed by atoms with Gasteiger partial charge in [0.05, 0.1) is 5.69 Å². The Morgan fingerprint density at radius 3 is 2.52 bits per heavy atom. The molecular weight excluding hydrogens is 344 g/mol. The summed E-state index contributed by atoms with van der Waals surface area (Å²) in [4.78, 5) is 38.5. The minimum absolute atomic E-state index is 0.150. The number of fused-ring (bicyclic) bond motifs is 1. The van der Waals surface area contributed by atoms with Gasteiger partial charge in [-0.2, -0.15) is 4.98 Å². The molecule has 8 heteroatoms. The SMILES string of the molecule is CCNc1nc(C)c2nc(C(=O)NCc3ccccc3)c(=O)n(CC)c2n1. The lowest BCUT2D eigenvalue weighted by atomic mass is 10.2. The highest BCUT2D eigenvalue weighted by atomic mass is 16.2. The van der Waals surface area contributed by atoms with E-state index in [1.165, 1.54) is 4.57 Å². The van der Waals surface area contributed by atoms with Crippen LogP contribution in [0.15, 0.2) is 35.1 Å². The molecule has 0 atom stereocenters. The number of amides is 1. The van der Waals surface area contributed by atoms with Crippen molar-refractivity contribution in [2.24, 2.45) is 0 Å². The van der Waals surface area contributed by atoms with Gasteiger partial charge in [0.1, 0.15) is 5.52 Å². The zero-order chi connectivity index (χ0) is 19.4. The van der Waals surface area contributed by atoms with Crippen LogP contribution in [0.4, 0.5) is 5.95 Å². The first-order valence-electron chi connectivity index (χ1n) is 8.90. The summed E-state index contributed by atoms with van der Waals surface area (Å²) >= 11 is 0. The Morgan fingerprint density at radius 2 is 1.85 bits per heavy atom. The van der Waals surface area contributed by atoms with Crippen LogP contribution in [0.5, 0.6) is 0 Å². The highest BCUT2D eigenvalue weighted by molar-refractivity contribution is 5.93. The minimum Gasteiger partial charge on any atom is -0.354 e. The number of hydrogen-bond donors (Lipinski definition) is 2. The normalized spacial score (nSPS) is 10.8. The van der Waals surface area contributed by atoms with Crippen LogP contribution < -0.4 is 16.2 Å². The monoisotopic (exact) mass is 366 g/mol. The number of rotatable bonds is 6. The first kappa shape index (κ1) is 18.5. The van der Waals surface area contributed by atoms with E-state index in [9.17, 15) is 9.59 Å². The summed E-state index contributed by atoms with van der Waals surface area (Å²) in [6.07, 6.45) is 0. The van der Waals surface area contributed by atoms with Crippen molar-refractivity contribution in [3.8, 4) is 0 Å². The predicted molar refractivity (Wildman–Crippen MR) is 104 cm³/mol. The molecule has 140 valence electrons. The molecule has 0 aliphatic carbocycles. The Labute approximate surface area is 156 Å². The molecule has 0 fully saturated rings. The number of carbonyl (C=O) groups is 1. The zero-order valence-corrected chi connectivity index (χ0v) is 15.6. The third kappa shape index (κ3) is 3.79. The number of nitrogens with zero attached hydrogens (tertiary/aromatic N) is 4. The summed E-state index contributed by atoms with van der Waals surface area (Å²) in [6.45, 7) is 6.91. The van der Waals surface area contributed by atoms with Crippen molar-refractivity contribution >= 4 is 23.0 Å². The van der Waals surface area contributed by atoms with Crippen molar-refractivity contribution in [3.05, 3.63) is 57.6 Å². The summed E-state index contributed by atoms with van der Waals surface area (Å²) in [5.41, 5.74) is 1.81. The van der Waals surface area contributed by atoms with E-state index in [-0.39, 0.29) is 5.69 Å². The molecule has 2 aromatic heterocycles. The minimum atomic E-state index is -0.511. The summed E-state index contributed by atoms with van der Waals surface area (Å²) in [6, 6.07) is 9.49. The molecule has 0 aliphatic rings. The quantitative estimate of drug-likeness (QED) is 0.691. The topological polar surface area (TPSA) is 102 Å². The van der Waals surface area contributed by atoms with E-state index in [0.29, 0.717) is 42.4 Å². The van der Waals surface area contributed by atoms with Crippen LogP contribution in [0.25, 0.3) is 11.2 Å². The average Bonchev–Trinajstić information content (AvgIpc) is 2.67. The van der Waals surface area contributed by atoms with Gasteiger partial charge in [-0.05, 0) is 26.3 Å². The van der Waals surface area contributed by atoms with Crippen molar-refractivity contribution in [2.75, 3.05) is 11.9 Å². The van der Waals surface area contributed by atoms with Crippen LogP contribution in [-0.4, -0.2) is 32.0 Å². The van der Waals surface area contributed by atoms with Gasteiger partial charge in [0, 0.05) is 19.6 Å². The van der Waals surface area contributed by atoms with E-state index >= 15 is 0 Å². The Hall–Kier alpha value is -3.29. The number of aryl methyl sites for hydroxylation is 2. The molecule has 0 saturated carbocycles. The molecule has 0 radical (unpaired) electrons. The number of hydrogen-bond acceptors (Lipinski definition) is 6. The fourth-order valence-corrected chi connectivity index (χ4v) is 2.79. The molecule has 0 saturated heterocycles. The van der Waals surface area contributed by atoms with E-state index in [0.717, 1.165) is 5.56 Å². The highest BCUT2D eigenvalue weighted by Crippen LogP contribution is 2.14. The van der Waals surface area contributed by atoms with Crippen LogP contribution in [0, 0.1) is 6.92 Å². The smallest absolute Gasteiger partial charge is 0.283 e.